The number of methoxy groups -OCH3 is 1. The number of amides is 1. The van der Waals surface area contributed by atoms with Gasteiger partial charge in [0.25, 0.3) is 0 Å². The highest BCUT2D eigenvalue weighted by Crippen LogP contribution is 2.39. The number of hydrogen-bond acceptors (Lipinski definition) is 5. The van der Waals surface area contributed by atoms with Crippen LogP contribution in [0.4, 0.5) is 4.79 Å². The number of carbonyl (C=O) groups is 1. The Morgan fingerprint density at radius 2 is 1.75 bits per heavy atom. The normalized spacial score (nSPS) is 17.2. The van der Waals surface area contributed by atoms with Gasteiger partial charge in [0, 0.05) is 6.54 Å². The minimum atomic E-state index is -0.629. The summed E-state index contributed by atoms with van der Waals surface area (Å²) in [4.78, 5) is 12.3. The van der Waals surface area contributed by atoms with Gasteiger partial charge in [0.05, 0.1) is 23.3 Å². The minimum absolute atomic E-state index is 0.190. The summed E-state index contributed by atoms with van der Waals surface area (Å²) in [5.74, 6) is 0.559. The van der Waals surface area contributed by atoms with E-state index in [-0.39, 0.29) is 13.2 Å². The lowest BCUT2D eigenvalue weighted by Crippen LogP contribution is -2.41. The van der Waals surface area contributed by atoms with Crippen LogP contribution < -0.4 is 10.1 Å². The SMILES string of the molecule is COc1cc(C=C(CNC(=O)OCc2ccccc2)B2OC(C)(C)C(C)(C)O2)ccc1Cl. The quantitative estimate of drug-likeness (QED) is 0.572. The molecule has 1 aliphatic heterocycles. The zero-order chi connectivity index (χ0) is 23.4. The van der Waals surface area contributed by atoms with Crippen molar-refractivity contribution >= 4 is 30.9 Å². The van der Waals surface area contributed by atoms with Gasteiger partial charge in [-0.2, -0.15) is 0 Å². The average molecular weight is 458 g/mol. The number of rotatable bonds is 7. The number of alkyl carbamates (subject to hydrolysis) is 1. The molecule has 0 radical (unpaired) electrons. The molecular formula is C24H29BClNO5. The van der Waals surface area contributed by atoms with Crippen LogP contribution in [0.2, 0.25) is 5.02 Å². The van der Waals surface area contributed by atoms with Crippen LogP contribution in [0.25, 0.3) is 6.08 Å². The van der Waals surface area contributed by atoms with Crippen molar-refractivity contribution in [1.82, 2.24) is 5.32 Å². The number of benzene rings is 2. The number of carbonyl (C=O) groups excluding carboxylic acids is 1. The highest BCUT2D eigenvalue weighted by Gasteiger charge is 2.52. The highest BCUT2D eigenvalue weighted by atomic mass is 35.5. The highest BCUT2D eigenvalue weighted by molar-refractivity contribution is 6.56. The molecule has 0 aliphatic carbocycles. The molecule has 1 N–H and O–H groups in total. The first-order valence-corrected chi connectivity index (χ1v) is 10.8. The maximum Gasteiger partial charge on any atom is 0.492 e. The molecule has 1 heterocycles. The second kappa shape index (κ2) is 9.98. The van der Waals surface area contributed by atoms with E-state index in [1.165, 1.54) is 0 Å². The molecule has 1 aliphatic rings. The summed E-state index contributed by atoms with van der Waals surface area (Å²) in [6, 6.07) is 15.0. The predicted octanol–water partition coefficient (Wildman–Crippen LogP) is 5.29. The molecule has 0 saturated carbocycles. The Bertz CT molecular complexity index is 962. The standard InChI is InChI=1S/C24H29BClNO5/c1-23(2)24(3,4)32-25(31-23)19(13-18-11-12-20(26)21(14-18)29-5)15-27-22(28)30-16-17-9-7-6-8-10-17/h6-14H,15-16H2,1-5H3,(H,27,28). The molecule has 0 bridgehead atoms. The van der Waals surface area contributed by atoms with E-state index in [1.807, 2.05) is 76.2 Å². The third kappa shape index (κ3) is 5.85. The topological polar surface area (TPSA) is 66.0 Å². The van der Waals surface area contributed by atoms with E-state index in [9.17, 15) is 4.79 Å². The fourth-order valence-electron chi connectivity index (χ4n) is 3.13. The lowest BCUT2D eigenvalue weighted by molar-refractivity contribution is 0.00578. The van der Waals surface area contributed by atoms with Crippen molar-refractivity contribution in [1.29, 1.82) is 0 Å². The van der Waals surface area contributed by atoms with Gasteiger partial charge in [-0.3, -0.25) is 0 Å². The molecule has 1 fully saturated rings. The molecule has 2 aromatic carbocycles. The third-order valence-electron chi connectivity index (χ3n) is 5.73. The average Bonchev–Trinajstić information content (AvgIpc) is 2.98. The van der Waals surface area contributed by atoms with E-state index < -0.39 is 24.4 Å². The summed E-state index contributed by atoms with van der Waals surface area (Å²) >= 11 is 6.15. The fourth-order valence-corrected chi connectivity index (χ4v) is 3.32. The van der Waals surface area contributed by atoms with Crippen LogP contribution in [0.1, 0.15) is 38.8 Å². The Morgan fingerprint density at radius 1 is 1.09 bits per heavy atom. The van der Waals surface area contributed by atoms with E-state index in [2.05, 4.69) is 5.32 Å². The summed E-state index contributed by atoms with van der Waals surface area (Å²) in [5.41, 5.74) is 1.47. The van der Waals surface area contributed by atoms with Crippen molar-refractivity contribution in [3.05, 3.63) is 70.2 Å². The van der Waals surface area contributed by atoms with Crippen molar-refractivity contribution in [3.8, 4) is 5.75 Å². The molecule has 2 aromatic rings. The molecule has 0 unspecified atom stereocenters. The predicted molar refractivity (Wildman–Crippen MR) is 127 cm³/mol. The monoisotopic (exact) mass is 457 g/mol. The Morgan fingerprint density at radius 3 is 2.38 bits per heavy atom. The van der Waals surface area contributed by atoms with Crippen LogP contribution >= 0.6 is 11.6 Å². The van der Waals surface area contributed by atoms with Crippen molar-refractivity contribution in [2.45, 2.75) is 45.5 Å². The molecule has 1 amide bonds. The van der Waals surface area contributed by atoms with Gasteiger partial charge in [0.2, 0.25) is 0 Å². The summed E-state index contributed by atoms with van der Waals surface area (Å²) in [7, 11) is 0.935. The van der Waals surface area contributed by atoms with Gasteiger partial charge in [0.15, 0.2) is 0 Å². The van der Waals surface area contributed by atoms with E-state index in [0.29, 0.717) is 10.8 Å². The van der Waals surface area contributed by atoms with Crippen molar-refractivity contribution in [3.63, 3.8) is 0 Å². The maximum atomic E-state index is 12.3. The van der Waals surface area contributed by atoms with E-state index in [4.69, 9.17) is 30.4 Å². The van der Waals surface area contributed by atoms with Crippen LogP contribution in [0.3, 0.4) is 0 Å². The second-order valence-electron chi connectivity index (χ2n) is 8.62. The van der Waals surface area contributed by atoms with Crippen LogP contribution in [0.5, 0.6) is 5.75 Å². The van der Waals surface area contributed by atoms with E-state index >= 15 is 0 Å². The van der Waals surface area contributed by atoms with E-state index in [1.54, 1.807) is 13.2 Å². The molecule has 0 spiro atoms. The molecule has 170 valence electrons. The summed E-state index contributed by atoms with van der Waals surface area (Å²) in [6.07, 6.45) is 1.38. The zero-order valence-corrected chi connectivity index (χ0v) is 19.9. The lowest BCUT2D eigenvalue weighted by atomic mass is 9.77. The van der Waals surface area contributed by atoms with Gasteiger partial charge in [-0.15, -0.1) is 0 Å². The zero-order valence-electron chi connectivity index (χ0n) is 19.1. The van der Waals surface area contributed by atoms with Gasteiger partial charge < -0.3 is 24.1 Å². The third-order valence-corrected chi connectivity index (χ3v) is 6.05. The van der Waals surface area contributed by atoms with Gasteiger partial charge in [0.1, 0.15) is 12.4 Å². The molecule has 0 aromatic heterocycles. The Balaban J connectivity index is 1.76. The molecule has 6 nitrogen and oxygen atoms in total. The summed E-state index contributed by atoms with van der Waals surface area (Å²) in [5, 5.41) is 3.32. The van der Waals surface area contributed by atoms with Crippen molar-refractivity contribution < 1.29 is 23.6 Å². The van der Waals surface area contributed by atoms with E-state index in [0.717, 1.165) is 16.6 Å². The molecule has 3 rings (SSSR count). The Hall–Kier alpha value is -2.48. The Labute approximate surface area is 195 Å². The fraction of sp³-hybridized carbons (Fsp3) is 0.375. The molecular weight excluding hydrogens is 429 g/mol. The van der Waals surface area contributed by atoms with Crippen LogP contribution in [-0.2, 0) is 20.7 Å². The maximum absolute atomic E-state index is 12.3. The molecule has 1 saturated heterocycles. The van der Waals surface area contributed by atoms with Gasteiger partial charge in [-0.1, -0.05) is 54.1 Å². The summed E-state index contributed by atoms with van der Waals surface area (Å²) in [6.45, 7) is 8.32. The minimum Gasteiger partial charge on any atom is -0.495 e. The van der Waals surface area contributed by atoms with Gasteiger partial charge in [-0.25, -0.2) is 4.79 Å². The van der Waals surface area contributed by atoms with Crippen LogP contribution in [-0.4, -0.2) is 38.1 Å². The van der Waals surface area contributed by atoms with Crippen molar-refractivity contribution in [2.75, 3.05) is 13.7 Å². The van der Waals surface area contributed by atoms with Crippen LogP contribution in [0.15, 0.2) is 54.0 Å². The first-order valence-electron chi connectivity index (χ1n) is 10.5. The summed E-state index contributed by atoms with van der Waals surface area (Å²) < 4.78 is 23.0. The van der Waals surface area contributed by atoms with Crippen molar-refractivity contribution in [2.24, 2.45) is 0 Å². The van der Waals surface area contributed by atoms with Crippen LogP contribution in [0, 0.1) is 0 Å². The number of nitrogens with one attached hydrogen (secondary N) is 1. The van der Waals surface area contributed by atoms with Gasteiger partial charge in [-0.05, 0) is 56.4 Å². The smallest absolute Gasteiger partial charge is 0.492 e. The molecule has 8 heteroatoms. The Kier molecular flexibility index (Phi) is 7.54. The largest absolute Gasteiger partial charge is 0.495 e. The molecule has 0 atom stereocenters. The number of hydrogen-bond donors (Lipinski definition) is 1. The number of ether oxygens (including phenoxy) is 2. The molecule has 32 heavy (non-hydrogen) atoms. The number of halogens is 1. The first kappa shape index (κ1) is 24.2. The van der Waals surface area contributed by atoms with Gasteiger partial charge >= 0.3 is 13.2 Å². The lowest BCUT2D eigenvalue weighted by Gasteiger charge is -2.32. The second-order valence-corrected chi connectivity index (χ2v) is 9.02. The first-order chi connectivity index (χ1) is 15.1.